The second-order valence-corrected chi connectivity index (χ2v) is 5.67. The van der Waals surface area contributed by atoms with E-state index in [1.807, 2.05) is 6.92 Å². The molecule has 19 heavy (non-hydrogen) atoms. The molecule has 106 valence electrons. The maximum absolute atomic E-state index is 5.95. The Morgan fingerprint density at radius 1 is 1.53 bits per heavy atom. The van der Waals surface area contributed by atoms with Gasteiger partial charge in [0.05, 0.1) is 30.3 Å². The molecule has 1 saturated heterocycles. The molecule has 0 radical (unpaired) electrons. The first-order valence-corrected chi connectivity index (χ1v) is 6.84. The second kappa shape index (κ2) is 5.51. The quantitative estimate of drug-likeness (QED) is 0.795. The Morgan fingerprint density at radius 3 is 2.89 bits per heavy atom. The maximum atomic E-state index is 5.95. The van der Waals surface area contributed by atoms with Crippen LogP contribution in [0.15, 0.2) is 6.33 Å². The summed E-state index contributed by atoms with van der Waals surface area (Å²) in [4.78, 5) is 10.7. The number of alkyl halides is 1. The van der Waals surface area contributed by atoms with E-state index in [4.69, 9.17) is 21.1 Å². The molecule has 1 aliphatic heterocycles. The van der Waals surface area contributed by atoms with Crippen LogP contribution in [0.1, 0.15) is 19.4 Å². The summed E-state index contributed by atoms with van der Waals surface area (Å²) in [5.41, 5.74) is 0.693. The summed E-state index contributed by atoms with van der Waals surface area (Å²) < 4.78 is 11.2. The van der Waals surface area contributed by atoms with E-state index in [1.165, 1.54) is 6.33 Å². The van der Waals surface area contributed by atoms with Crippen molar-refractivity contribution in [2.75, 3.05) is 31.0 Å². The summed E-state index contributed by atoms with van der Waals surface area (Å²) in [6.45, 7) is 7.58. The number of anilines is 1. The minimum absolute atomic E-state index is 0.00535. The van der Waals surface area contributed by atoms with Gasteiger partial charge in [0.1, 0.15) is 12.1 Å². The number of aromatic nitrogens is 2. The van der Waals surface area contributed by atoms with Gasteiger partial charge in [0.2, 0.25) is 5.88 Å². The fourth-order valence-electron chi connectivity index (χ4n) is 2.49. The Bertz CT molecular complexity index is 454. The number of rotatable bonds is 3. The Kier molecular flexibility index (Phi) is 4.16. The Balaban J connectivity index is 2.30. The maximum Gasteiger partial charge on any atom is 0.221 e. The minimum Gasteiger partial charge on any atom is -0.481 e. The molecule has 1 atom stereocenters. The Hall–Kier alpha value is -1.07. The van der Waals surface area contributed by atoms with E-state index in [9.17, 15) is 0 Å². The Labute approximate surface area is 118 Å². The van der Waals surface area contributed by atoms with Gasteiger partial charge in [-0.15, -0.1) is 11.6 Å². The number of morpholine rings is 1. The highest BCUT2D eigenvalue weighted by Crippen LogP contribution is 2.29. The fraction of sp³-hybridized carbons (Fsp3) is 0.692. The first-order chi connectivity index (χ1) is 8.96. The third kappa shape index (κ3) is 3.09. The molecule has 1 unspecified atom stereocenters. The highest BCUT2D eigenvalue weighted by atomic mass is 35.5. The van der Waals surface area contributed by atoms with Crippen molar-refractivity contribution < 1.29 is 9.47 Å². The molecule has 0 aromatic carbocycles. The van der Waals surface area contributed by atoms with E-state index < -0.39 is 0 Å². The van der Waals surface area contributed by atoms with Crippen LogP contribution in [0, 0.1) is 6.92 Å². The van der Waals surface area contributed by atoms with E-state index in [2.05, 4.69) is 28.7 Å². The van der Waals surface area contributed by atoms with Crippen molar-refractivity contribution in [1.82, 2.24) is 9.97 Å². The van der Waals surface area contributed by atoms with Gasteiger partial charge in [-0.3, -0.25) is 0 Å². The fourth-order valence-corrected chi connectivity index (χ4v) is 2.65. The van der Waals surface area contributed by atoms with E-state index in [1.54, 1.807) is 7.11 Å². The standard InChI is InChI=1S/C13H20ClN3O2/c1-9-11(15-8-16-12(9)18-4)17-6-10(5-14)19-13(2,3)7-17/h8,10H,5-7H2,1-4H3. The van der Waals surface area contributed by atoms with Gasteiger partial charge in [0.15, 0.2) is 0 Å². The lowest BCUT2D eigenvalue weighted by Crippen LogP contribution is -2.54. The van der Waals surface area contributed by atoms with Crippen LogP contribution in [-0.4, -0.2) is 47.8 Å². The van der Waals surface area contributed by atoms with Gasteiger partial charge < -0.3 is 14.4 Å². The van der Waals surface area contributed by atoms with E-state index in [0.717, 1.165) is 24.5 Å². The van der Waals surface area contributed by atoms with Crippen molar-refractivity contribution in [3.05, 3.63) is 11.9 Å². The highest BCUT2D eigenvalue weighted by molar-refractivity contribution is 6.18. The number of nitrogens with zero attached hydrogens (tertiary/aromatic N) is 3. The van der Waals surface area contributed by atoms with Crippen LogP contribution in [-0.2, 0) is 4.74 Å². The molecular formula is C13H20ClN3O2. The third-order valence-electron chi connectivity index (χ3n) is 3.16. The zero-order chi connectivity index (χ0) is 14.0. The zero-order valence-corrected chi connectivity index (χ0v) is 12.6. The van der Waals surface area contributed by atoms with Crippen LogP contribution < -0.4 is 9.64 Å². The normalized spacial score (nSPS) is 22.4. The van der Waals surface area contributed by atoms with Gasteiger partial charge in [0.25, 0.3) is 0 Å². The van der Waals surface area contributed by atoms with Crippen molar-refractivity contribution in [3.63, 3.8) is 0 Å². The van der Waals surface area contributed by atoms with Crippen LogP contribution in [0.5, 0.6) is 5.88 Å². The molecular weight excluding hydrogens is 266 g/mol. The average molecular weight is 286 g/mol. The monoisotopic (exact) mass is 285 g/mol. The lowest BCUT2D eigenvalue weighted by atomic mass is 10.1. The molecule has 1 aromatic rings. The van der Waals surface area contributed by atoms with Crippen molar-refractivity contribution in [3.8, 4) is 5.88 Å². The van der Waals surface area contributed by atoms with Crippen molar-refractivity contribution in [1.29, 1.82) is 0 Å². The molecule has 0 aliphatic carbocycles. The lowest BCUT2D eigenvalue weighted by molar-refractivity contribution is -0.0736. The van der Waals surface area contributed by atoms with Crippen LogP contribution >= 0.6 is 11.6 Å². The number of hydrogen-bond donors (Lipinski definition) is 0. The predicted molar refractivity (Wildman–Crippen MR) is 75.2 cm³/mol. The number of halogens is 1. The summed E-state index contributed by atoms with van der Waals surface area (Å²) in [5.74, 6) is 1.97. The smallest absolute Gasteiger partial charge is 0.221 e. The number of ether oxygens (including phenoxy) is 2. The molecule has 0 bridgehead atoms. The summed E-state index contributed by atoms with van der Waals surface area (Å²) in [6.07, 6.45) is 1.53. The average Bonchev–Trinajstić information content (AvgIpc) is 2.37. The van der Waals surface area contributed by atoms with E-state index >= 15 is 0 Å². The van der Waals surface area contributed by atoms with Crippen LogP contribution in [0.4, 0.5) is 5.82 Å². The van der Waals surface area contributed by atoms with Crippen LogP contribution in [0.2, 0.25) is 0 Å². The first kappa shape index (κ1) is 14.3. The molecule has 6 heteroatoms. The van der Waals surface area contributed by atoms with Gasteiger partial charge >= 0.3 is 0 Å². The van der Waals surface area contributed by atoms with Gasteiger partial charge in [-0.05, 0) is 20.8 Å². The molecule has 0 N–H and O–H groups in total. The van der Waals surface area contributed by atoms with Crippen molar-refractivity contribution in [2.45, 2.75) is 32.5 Å². The van der Waals surface area contributed by atoms with E-state index in [0.29, 0.717) is 11.8 Å². The van der Waals surface area contributed by atoms with Gasteiger partial charge in [-0.25, -0.2) is 9.97 Å². The number of methoxy groups -OCH3 is 1. The first-order valence-electron chi connectivity index (χ1n) is 6.31. The van der Waals surface area contributed by atoms with E-state index in [-0.39, 0.29) is 11.7 Å². The summed E-state index contributed by atoms with van der Waals surface area (Å²) in [7, 11) is 1.62. The SMILES string of the molecule is COc1ncnc(N2CC(CCl)OC(C)(C)C2)c1C. The molecule has 1 aromatic heterocycles. The molecule has 0 spiro atoms. The van der Waals surface area contributed by atoms with Crippen molar-refractivity contribution >= 4 is 17.4 Å². The summed E-state index contributed by atoms with van der Waals surface area (Å²) >= 11 is 5.95. The van der Waals surface area contributed by atoms with Gasteiger partial charge in [-0.1, -0.05) is 0 Å². The molecule has 5 nitrogen and oxygen atoms in total. The molecule has 1 fully saturated rings. The van der Waals surface area contributed by atoms with Gasteiger partial charge in [0, 0.05) is 13.1 Å². The summed E-state index contributed by atoms with van der Waals surface area (Å²) in [5, 5.41) is 0. The number of hydrogen-bond acceptors (Lipinski definition) is 5. The molecule has 2 heterocycles. The molecule has 0 amide bonds. The minimum atomic E-state index is -0.248. The second-order valence-electron chi connectivity index (χ2n) is 5.37. The molecule has 1 aliphatic rings. The predicted octanol–water partition coefficient (Wildman–Crippen LogP) is 2.02. The molecule has 2 rings (SSSR count). The van der Waals surface area contributed by atoms with Crippen LogP contribution in [0.25, 0.3) is 0 Å². The van der Waals surface area contributed by atoms with Crippen molar-refractivity contribution in [2.24, 2.45) is 0 Å². The zero-order valence-electron chi connectivity index (χ0n) is 11.8. The Morgan fingerprint density at radius 2 is 2.26 bits per heavy atom. The van der Waals surface area contributed by atoms with Gasteiger partial charge in [-0.2, -0.15) is 0 Å². The topological polar surface area (TPSA) is 47.5 Å². The summed E-state index contributed by atoms with van der Waals surface area (Å²) in [6, 6.07) is 0. The largest absolute Gasteiger partial charge is 0.481 e. The lowest BCUT2D eigenvalue weighted by Gasteiger charge is -2.43. The highest BCUT2D eigenvalue weighted by Gasteiger charge is 2.34. The van der Waals surface area contributed by atoms with Crippen LogP contribution in [0.3, 0.4) is 0 Å². The third-order valence-corrected chi connectivity index (χ3v) is 3.50. The molecule has 0 saturated carbocycles.